The molecule has 1 N–H and O–H groups in total. The Bertz CT molecular complexity index is 654. The van der Waals surface area contributed by atoms with Gasteiger partial charge in [-0.2, -0.15) is 0 Å². The summed E-state index contributed by atoms with van der Waals surface area (Å²) in [5.41, 5.74) is -0.0700. The molecule has 0 aromatic heterocycles. The SMILES string of the molecule is O=C(Nc1ccc([N+](=O)[O-])cc1)c1c(F)cccc1Cl. The Labute approximate surface area is 118 Å². The molecule has 0 aliphatic heterocycles. The second-order valence-corrected chi connectivity index (χ2v) is 4.26. The van der Waals surface area contributed by atoms with Crippen LogP contribution in [0.15, 0.2) is 42.5 Å². The lowest BCUT2D eigenvalue weighted by atomic mass is 10.2. The van der Waals surface area contributed by atoms with Crippen molar-refractivity contribution in [3.8, 4) is 0 Å². The molecule has 0 atom stereocenters. The Kier molecular flexibility index (Phi) is 3.95. The van der Waals surface area contributed by atoms with Gasteiger partial charge in [0.2, 0.25) is 0 Å². The van der Waals surface area contributed by atoms with Crippen molar-refractivity contribution in [2.45, 2.75) is 0 Å². The molecule has 20 heavy (non-hydrogen) atoms. The lowest BCUT2D eigenvalue weighted by Crippen LogP contribution is -2.14. The monoisotopic (exact) mass is 294 g/mol. The Hall–Kier alpha value is -2.47. The van der Waals surface area contributed by atoms with Crippen LogP contribution in [0.4, 0.5) is 15.8 Å². The van der Waals surface area contributed by atoms with Crippen LogP contribution in [-0.2, 0) is 0 Å². The van der Waals surface area contributed by atoms with E-state index in [2.05, 4.69) is 5.32 Å². The van der Waals surface area contributed by atoms with Crippen LogP contribution in [0.25, 0.3) is 0 Å². The first-order valence-corrected chi connectivity index (χ1v) is 5.86. The van der Waals surface area contributed by atoms with Crippen molar-refractivity contribution in [2.24, 2.45) is 0 Å². The summed E-state index contributed by atoms with van der Waals surface area (Å²) >= 11 is 5.77. The number of halogens is 2. The van der Waals surface area contributed by atoms with Crippen molar-refractivity contribution in [1.82, 2.24) is 0 Å². The zero-order valence-corrected chi connectivity index (χ0v) is 10.7. The highest BCUT2D eigenvalue weighted by atomic mass is 35.5. The van der Waals surface area contributed by atoms with E-state index in [1.807, 2.05) is 0 Å². The topological polar surface area (TPSA) is 72.2 Å². The van der Waals surface area contributed by atoms with Crippen molar-refractivity contribution in [3.05, 3.63) is 69.0 Å². The Morgan fingerprint density at radius 1 is 1.20 bits per heavy atom. The van der Waals surface area contributed by atoms with Crippen LogP contribution in [0.3, 0.4) is 0 Å². The highest BCUT2D eigenvalue weighted by Crippen LogP contribution is 2.21. The fourth-order valence-corrected chi connectivity index (χ4v) is 1.82. The summed E-state index contributed by atoms with van der Waals surface area (Å²) in [5.74, 6) is -1.46. The molecule has 0 heterocycles. The van der Waals surface area contributed by atoms with Gasteiger partial charge in [0.25, 0.3) is 11.6 Å². The van der Waals surface area contributed by atoms with Gasteiger partial charge in [-0.05, 0) is 24.3 Å². The normalized spacial score (nSPS) is 10.1. The number of carbonyl (C=O) groups excluding carboxylic acids is 1. The van der Waals surface area contributed by atoms with Gasteiger partial charge in [0.05, 0.1) is 15.5 Å². The number of hydrogen-bond donors (Lipinski definition) is 1. The van der Waals surface area contributed by atoms with Crippen LogP contribution in [0.2, 0.25) is 5.02 Å². The van der Waals surface area contributed by atoms with Crippen molar-refractivity contribution < 1.29 is 14.1 Å². The van der Waals surface area contributed by atoms with E-state index in [-0.39, 0.29) is 16.3 Å². The van der Waals surface area contributed by atoms with Gasteiger partial charge in [-0.25, -0.2) is 4.39 Å². The number of amides is 1. The van der Waals surface area contributed by atoms with Crippen LogP contribution in [0, 0.1) is 15.9 Å². The maximum Gasteiger partial charge on any atom is 0.269 e. The molecule has 0 saturated carbocycles. The summed E-state index contributed by atoms with van der Waals surface area (Å²) in [7, 11) is 0. The predicted molar refractivity (Wildman–Crippen MR) is 72.5 cm³/mol. The van der Waals surface area contributed by atoms with E-state index in [0.717, 1.165) is 6.07 Å². The first-order chi connectivity index (χ1) is 9.49. The van der Waals surface area contributed by atoms with Crippen LogP contribution >= 0.6 is 11.6 Å². The van der Waals surface area contributed by atoms with Gasteiger partial charge in [-0.15, -0.1) is 0 Å². The van der Waals surface area contributed by atoms with Gasteiger partial charge >= 0.3 is 0 Å². The number of rotatable bonds is 3. The summed E-state index contributed by atoms with van der Waals surface area (Å²) in [6.07, 6.45) is 0. The molecular formula is C13H8ClFN2O3. The summed E-state index contributed by atoms with van der Waals surface area (Å²) in [6.45, 7) is 0. The Morgan fingerprint density at radius 2 is 1.85 bits per heavy atom. The van der Waals surface area contributed by atoms with E-state index < -0.39 is 16.6 Å². The molecule has 1 amide bonds. The maximum atomic E-state index is 13.5. The standard InChI is InChI=1S/C13H8ClFN2O3/c14-10-2-1-3-11(15)12(10)13(18)16-8-4-6-9(7-5-8)17(19)20/h1-7H,(H,16,18). The van der Waals surface area contributed by atoms with E-state index in [1.165, 1.54) is 36.4 Å². The molecule has 0 spiro atoms. The van der Waals surface area contributed by atoms with Crippen molar-refractivity contribution in [3.63, 3.8) is 0 Å². The predicted octanol–water partition coefficient (Wildman–Crippen LogP) is 3.64. The third kappa shape index (κ3) is 2.92. The van der Waals surface area contributed by atoms with E-state index in [0.29, 0.717) is 5.69 Å². The minimum absolute atomic E-state index is 0.00980. The zero-order valence-electron chi connectivity index (χ0n) is 9.97. The van der Waals surface area contributed by atoms with Crippen LogP contribution in [0.1, 0.15) is 10.4 Å². The minimum Gasteiger partial charge on any atom is -0.322 e. The van der Waals surface area contributed by atoms with Gasteiger partial charge in [-0.1, -0.05) is 17.7 Å². The number of nitrogens with one attached hydrogen (secondary N) is 1. The summed E-state index contributed by atoms with van der Waals surface area (Å²) in [5, 5.41) is 12.9. The zero-order chi connectivity index (χ0) is 14.7. The molecule has 0 unspecified atom stereocenters. The van der Waals surface area contributed by atoms with E-state index in [4.69, 9.17) is 11.6 Å². The number of nitrogens with zero attached hydrogens (tertiary/aromatic N) is 1. The van der Waals surface area contributed by atoms with Crippen LogP contribution in [-0.4, -0.2) is 10.8 Å². The highest BCUT2D eigenvalue weighted by molar-refractivity contribution is 6.34. The molecule has 0 aliphatic rings. The summed E-state index contributed by atoms with van der Waals surface area (Å²) in [4.78, 5) is 21.8. The number of anilines is 1. The lowest BCUT2D eigenvalue weighted by molar-refractivity contribution is -0.384. The van der Waals surface area contributed by atoms with E-state index in [1.54, 1.807) is 0 Å². The number of nitro groups is 1. The first-order valence-electron chi connectivity index (χ1n) is 5.49. The Balaban J connectivity index is 2.21. The van der Waals surface area contributed by atoms with Gasteiger partial charge < -0.3 is 5.32 Å². The third-order valence-electron chi connectivity index (χ3n) is 2.53. The molecular weight excluding hydrogens is 287 g/mol. The molecule has 5 nitrogen and oxygen atoms in total. The van der Waals surface area contributed by atoms with Crippen LogP contribution in [0.5, 0.6) is 0 Å². The molecule has 2 aromatic rings. The van der Waals surface area contributed by atoms with E-state index >= 15 is 0 Å². The fourth-order valence-electron chi connectivity index (χ4n) is 1.57. The molecule has 0 fully saturated rings. The first kappa shape index (κ1) is 14.0. The average molecular weight is 295 g/mol. The molecule has 7 heteroatoms. The molecule has 2 aromatic carbocycles. The second-order valence-electron chi connectivity index (χ2n) is 3.85. The summed E-state index contributed by atoms with van der Waals surface area (Å²) in [6, 6.07) is 9.08. The minimum atomic E-state index is -0.739. The molecule has 102 valence electrons. The van der Waals surface area contributed by atoms with Gasteiger partial charge in [0.15, 0.2) is 0 Å². The summed E-state index contributed by atoms with van der Waals surface area (Å²) < 4.78 is 13.5. The van der Waals surface area contributed by atoms with Crippen LogP contribution < -0.4 is 5.32 Å². The van der Waals surface area contributed by atoms with Crippen molar-refractivity contribution >= 4 is 28.9 Å². The molecule has 0 bridgehead atoms. The molecule has 2 rings (SSSR count). The quantitative estimate of drug-likeness (QED) is 0.694. The van der Waals surface area contributed by atoms with Crippen molar-refractivity contribution in [1.29, 1.82) is 0 Å². The maximum absolute atomic E-state index is 13.5. The number of nitro benzene ring substituents is 1. The fraction of sp³-hybridized carbons (Fsp3) is 0. The number of hydrogen-bond acceptors (Lipinski definition) is 3. The third-order valence-corrected chi connectivity index (χ3v) is 2.84. The molecule has 0 radical (unpaired) electrons. The molecule has 0 saturated heterocycles. The van der Waals surface area contributed by atoms with E-state index in [9.17, 15) is 19.3 Å². The number of carbonyl (C=O) groups is 1. The second kappa shape index (κ2) is 5.66. The number of benzene rings is 2. The lowest BCUT2D eigenvalue weighted by Gasteiger charge is -2.07. The van der Waals surface area contributed by atoms with Crippen molar-refractivity contribution in [2.75, 3.05) is 5.32 Å². The number of non-ortho nitro benzene ring substituents is 1. The smallest absolute Gasteiger partial charge is 0.269 e. The largest absolute Gasteiger partial charge is 0.322 e. The average Bonchev–Trinajstić information content (AvgIpc) is 2.39. The van der Waals surface area contributed by atoms with Gasteiger partial charge in [-0.3, -0.25) is 14.9 Å². The molecule has 0 aliphatic carbocycles. The van der Waals surface area contributed by atoms with Gasteiger partial charge in [0, 0.05) is 17.8 Å². The van der Waals surface area contributed by atoms with Gasteiger partial charge in [0.1, 0.15) is 5.82 Å². The Morgan fingerprint density at radius 3 is 2.40 bits per heavy atom. The highest BCUT2D eigenvalue weighted by Gasteiger charge is 2.16.